The molecule has 1 aromatic heterocycles. The van der Waals surface area contributed by atoms with E-state index in [1.54, 1.807) is 25.6 Å². The first-order valence-corrected chi connectivity index (χ1v) is 7.01. The summed E-state index contributed by atoms with van der Waals surface area (Å²) in [4.78, 5) is 23.4. The number of carbonyl (C=O) groups excluding carboxylic acids is 1. The first kappa shape index (κ1) is 12.5. The molecule has 1 unspecified atom stereocenters. The molecule has 1 aromatic rings. The van der Waals surface area contributed by atoms with Crippen LogP contribution in [-0.2, 0) is 10.3 Å². The highest BCUT2D eigenvalue weighted by atomic mass is 16.2. The minimum atomic E-state index is -0.606. The van der Waals surface area contributed by atoms with Crippen LogP contribution >= 0.6 is 0 Å². The average Bonchev–Trinajstić information content (AvgIpc) is 3.17. The minimum absolute atomic E-state index is 0.0474. The number of nitrogens with zero attached hydrogens (tertiary/aromatic N) is 3. The number of carbonyl (C=O) groups is 1. The second-order valence-corrected chi connectivity index (χ2v) is 5.52. The van der Waals surface area contributed by atoms with E-state index in [-0.39, 0.29) is 5.91 Å². The summed E-state index contributed by atoms with van der Waals surface area (Å²) in [6, 6.07) is 0. The lowest BCUT2D eigenvalue weighted by atomic mass is 9.90. The molecular formula is C14H20N4O. The SMILES string of the molecule is CNC(=O)C1(c2cnccn2)CCCN1CC1CC1. The Morgan fingerprint density at radius 1 is 1.53 bits per heavy atom. The van der Waals surface area contributed by atoms with Crippen molar-refractivity contribution >= 4 is 5.91 Å². The van der Waals surface area contributed by atoms with Gasteiger partial charge in [0.15, 0.2) is 0 Å². The number of amides is 1. The van der Waals surface area contributed by atoms with Crippen LogP contribution in [0.3, 0.4) is 0 Å². The highest BCUT2D eigenvalue weighted by molar-refractivity contribution is 5.87. The number of hydrogen-bond acceptors (Lipinski definition) is 4. The summed E-state index contributed by atoms with van der Waals surface area (Å²) in [5.41, 5.74) is 0.179. The molecule has 0 radical (unpaired) electrons. The largest absolute Gasteiger partial charge is 0.357 e. The smallest absolute Gasteiger partial charge is 0.246 e. The summed E-state index contributed by atoms with van der Waals surface area (Å²) in [5, 5.41) is 2.82. The van der Waals surface area contributed by atoms with Crippen LogP contribution in [0.25, 0.3) is 0 Å². The van der Waals surface area contributed by atoms with Gasteiger partial charge in [0.25, 0.3) is 0 Å². The van der Waals surface area contributed by atoms with Gasteiger partial charge in [-0.3, -0.25) is 19.7 Å². The molecule has 1 aliphatic carbocycles. The maximum Gasteiger partial charge on any atom is 0.246 e. The van der Waals surface area contributed by atoms with E-state index < -0.39 is 5.54 Å². The molecule has 102 valence electrons. The fourth-order valence-corrected chi connectivity index (χ4v) is 3.12. The van der Waals surface area contributed by atoms with Crippen LogP contribution in [-0.4, -0.2) is 40.9 Å². The van der Waals surface area contributed by atoms with E-state index in [1.807, 2.05) is 0 Å². The molecule has 5 heteroatoms. The Labute approximate surface area is 113 Å². The molecule has 0 spiro atoms. The average molecular weight is 260 g/mol. The van der Waals surface area contributed by atoms with Crippen LogP contribution in [0.1, 0.15) is 31.4 Å². The van der Waals surface area contributed by atoms with E-state index in [2.05, 4.69) is 20.2 Å². The van der Waals surface area contributed by atoms with Crippen LogP contribution in [0, 0.1) is 5.92 Å². The summed E-state index contributed by atoms with van der Waals surface area (Å²) in [5.74, 6) is 0.810. The summed E-state index contributed by atoms with van der Waals surface area (Å²) in [6.07, 6.45) is 9.52. The summed E-state index contributed by atoms with van der Waals surface area (Å²) in [7, 11) is 1.70. The Balaban J connectivity index is 1.97. The monoisotopic (exact) mass is 260 g/mol. The van der Waals surface area contributed by atoms with Crippen LogP contribution < -0.4 is 5.32 Å². The summed E-state index contributed by atoms with van der Waals surface area (Å²) in [6.45, 7) is 1.98. The van der Waals surface area contributed by atoms with Crippen molar-refractivity contribution in [1.29, 1.82) is 0 Å². The fourth-order valence-electron chi connectivity index (χ4n) is 3.12. The number of hydrogen-bond donors (Lipinski definition) is 1. The van der Waals surface area contributed by atoms with E-state index >= 15 is 0 Å². The van der Waals surface area contributed by atoms with Crippen molar-refractivity contribution in [2.45, 2.75) is 31.2 Å². The molecule has 0 aromatic carbocycles. The highest BCUT2D eigenvalue weighted by Crippen LogP contribution is 2.41. The predicted octanol–water partition coefficient (Wildman–Crippen LogP) is 0.924. The molecule has 0 bridgehead atoms. The van der Waals surface area contributed by atoms with Crippen LogP contribution in [0.2, 0.25) is 0 Å². The number of aromatic nitrogens is 2. The van der Waals surface area contributed by atoms with Gasteiger partial charge in [-0.25, -0.2) is 0 Å². The third-order valence-corrected chi connectivity index (χ3v) is 4.27. The summed E-state index contributed by atoms with van der Waals surface area (Å²) < 4.78 is 0. The van der Waals surface area contributed by atoms with Crippen molar-refractivity contribution in [3.8, 4) is 0 Å². The first-order valence-electron chi connectivity index (χ1n) is 7.01. The Hall–Kier alpha value is -1.49. The molecule has 19 heavy (non-hydrogen) atoms. The van der Waals surface area contributed by atoms with Crippen molar-refractivity contribution in [3.05, 3.63) is 24.3 Å². The van der Waals surface area contributed by atoms with Crippen molar-refractivity contribution in [3.63, 3.8) is 0 Å². The third kappa shape index (κ3) is 2.12. The number of nitrogens with one attached hydrogen (secondary N) is 1. The molecule has 2 fully saturated rings. The van der Waals surface area contributed by atoms with Gasteiger partial charge in [0.05, 0.1) is 11.9 Å². The molecule has 1 amide bonds. The molecule has 1 N–H and O–H groups in total. The topological polar surface area (TPSA) is 58.1 Å². The maximum absolute atomic E-state index is 12.5. The Kier molecular flexibility index (Phi) is 3.22. The lowest BCUT2D eigenvalue weighted by Crippen LogP contribution is -2.53. The van der Waals surface area contributed by atoms with Crippen molar-refractivity contribution in [1.82, 2.24) is 20.2 Å². The molecule has 2 aliphatic rings. The van der Waals surface area contributed by atoms with Gasteiger partial charge in [-0.05, 0) is 38.1 Å². The summed E-state index contributed by atoms with van der Waals surface area (Å²) >= 11 is 0. The minimum Gasteiger partial charge on any atom is -0.357 e. The second-order valence-electron chi connectivity index (χ2n) is 5.52. The lowest BCUT2D eigenvalue weighted by Gasteiger charge is -2.36. The molecule has 1 saturated heterocycles. The fraction of sp³-hybridized carbons (Fsp3) is 0.643. The van der Waals surface area contributed by atoms with Crippen LogP contribution in [0.4, 0.5) is 0 Å². The van der Waals surface area contributed by atoms with Gasteiger partial charge in [0.2, 0.25) is 5.91 Å². The van der Waals surface area contributed by atoms with E-state index in [0.29, 0.717) is 0 Å². The van der Waals surface area contributed by atoms with Gasteiger partial charge in [-0.15, -0.1) is 0 Å². The maximum atomic E-state index is 12.5. The third-order valence-electron chi connectivity index (χ3n) is 4.27. The first-order chi connectivity index (χ1) is 9.27. The van der Waals surface area contributed by atoms with E-state index in [0.717, 1.165) is 37.5 Å². The standard InChI is InChI=1S/C14H20N4O/c1-15-13(19)14(12-9-16-6-7-17-12)5-2-8-18(14)10-11-3-4-11/h6-7,9,11H,2-5,8,10H2,1H3,(H,15,19). The molecule has 5 nitrogen and oxygen atoms in total. The normalized spacial score (nSPS) is 27.4. The zero-order chi connectivity index (χ0) is 13.3. The van der Waals surface area contributed by atoms with Crippen molar-refractivity contribution < 1.29 is 4.79 Å². The number of rotatable bonds is 4. The van der Waals surface area contributed by atoms with E-state index in [9.17, 15) is 4.79 Å². The van der Waals surface area contributed by atoms with Gasteiger partial charge >= 0.3 is 0 Å². The Bertz CT molecular complexity index is 460. The van der Waals surface area contributed by atoms with Crippen LogP contribution in [0.5, 0.6) is 0 Å². The van der Waals surface area contributed by atoms with E-state index in [1.165, 1.54) is 12.8 Å². The number of likely N-dealkylation sites (tertiary alicyclic amines) is 1. The highest BCUT2D eigenvalue weighted by Gasteiger charge is 2.50. The quantitative estimate of drug-likeness (QED) is 0.874. The van der Waals surface area contributed by atoms with Gasteiger partial charge in [0, 0.05) is 26.0 Å². The lowest BCUT2D eigenvalue weighted by molar-refractivity contribution is -0.132. The van der Waals surface area contributed by atoms with Crippen LogP contribution in [0.15, 0.2) is 18.6 Å². The molecule has 1 saturated carbocycles. The Morgan fingerprint density at radius 2 is 2.37 bits per heavy atom. The van der Waals surface area contributed by atoms with Crippen molar-refractivity contribution in [2.75, 3.05) is 20.1 Å². The van der Waals surface area contributed by atoms with E-state index in [4.69, 9.17) is 0 Å². The predicted molar refractivity (Wildman–Crippen MR) is 71.3 cm³/mol. The zero-order valence-electron chi connectivity index (χ0n) is 11.3. The molecule has 1 atom stereocenters. The van der Waals surface area contributed by atoms with Gasteiger partial charge in [-0.1, -0.05) is 0 Å². The van der Waals surface area contributed by atoms with Gasteiger partial charge in [-0.2, -0.15) is 0 Å². The molecule has 3 rings (SSSR count). The zero-order valence-corrected chi connectivity index (χ0v) is 11.3. The van der Waals surface area contributed by atoms with Crippen molar-refractivity contribution in [2.24, 2.45) is 5.92 Å². The molecule has 1 aliphatic heterocycles. The second kappa shape index (κ2) is 4.89. The molecular weight excluding hydrogens is 240 g/mol. The Morgan fingerprint density at radius 3 is 3.00 bits per heavy atom. The van der Waals surface area contributed by atoms with Gasteiger partial charge < -0.3 is 5.32 Å². The molecule has 2 heterocycles. The van der Waals surface area contributed by atoms with Gasteiger partial charge in [0.1, 0.15) is 5.54 Å². The number of likely N-dealkylation sites (N-methyl/N-ethyl adjacent to an activating group) is 1.